The third-order valence-corrected chi connectivity index (χ3v) is 4.10. The molecule has 1 aromatic rings. The molecule has 0 radical (unpaired) electrons. The molecule has 0 saturated carbocycles. The fourth-order valence-electron chi connectivity index (χ4n) is 2.01. The van der Waals surface area contributed by atoms with Gasteiger partial charge in [0, 0.05) is 23.3 Å². The highest BCUT2D eigenvalue weighted by atomic mass is 32.1. The van der Waals surface area contributed by atoms with Gasteiger partial charge in [-0.25, -0.2) is 9.59 Å². The molecular formula is C17H23N3O6S2. The molecule has 2 N–H and O–H groups in total. The number of rotatable bonds is 10. The number of carbonyl (C=O) groups excluding carboxylic acids is 4. The second kappa shape index (κ2) is 12.2. The van der Waals surface area contributed by atoms with Gasteiger partial charge in [-0.1, -0.05) is 0 Å². The first-order valence-corrected chi connectivity index (χ1v) is 9.77. The zero-order valence-corrected chi connectivity index (χ0v) is 17.3. The van der Waals surface area contributed by atoms with Crippen molar-refractivity contribution in [3.8, 4) is 0 Å². The Kier molecular flexibility index (Phi) is 10.4. The van der Waals surface area contributed by atoms with Gasteiger partial charge in [0.25, 0.3) is 11.8 Å². The van der Waals surface area contributed by atoms with Crippen molar-refractivity contribution in [2.75, 3.05) is 24.7 Å². The number of nitrogens with zero attached hydrogens (tertiary/aromatic N) is 1. The lowest BCUT2D eigenvalue weighted by Gasteiger charge is -2.16. The third-order valence-electron chi connectivity index (χ3n) is 3.37. The summed E-state index contributed by atoms with van der Waals surface area (Å²) in [7, 11) is 0. The van der Waals surface area contributed by atoms with E-state index in [0.717, 1.165) is 0 Å². The Morgan fingerprint density at radius 1 is 0.964 bits per heavy atom. The van der Waals surface area contributed by atoms with Gasteiger partial charge in [-0.2, -0.15) is 25.3 Å². The van der Waals surface area contributed by atoms with Crippen molar-refractivity contribution in [3.05, 3.63) is 29.6 Å². The minimum Gasteiger partial charge on any atom is -0.464 e. The number of hydrogen-bond acceptors (Lipinski definition) is 9. The Morgan fingerprint density at radius 2 is 1.46 bits per heavy atom. The molecule has 2 atom stereocenters. The lowest BCUT2D eigenvalue weighted by Crippen LogP contribution is -2.44. The zero-order chi connectivity index (χ0) is 21.1. The highest BCUT2D eigenvalue weighted by molar-refractivity contribution is 7.80. The lowest BCUT2D eigenvalue weighted by molar-refractivity contribution is -0.145. The molecule has 2 amide bonds. The molecule has 0 aliphatic rings. The largest absolute Gasteiger partial charge is 0.464 e. The molecule has 154 valence electrons. The van der Waals surface area contributed by atoms with E-state index in [4.69, 9.17) is 9.47 Å². The number of nitrogens with one attached hydrogen (secondary N) is 2. The van der Waals surface area contributed by atoms with Crippen molar-refractivity contribution in [1.29, 1.82) is 0 Å². The van der Waals surface area contributed by atoms with Gasteiger partial charge in [0.15, 0.2) is 0 Å². The minimum absolute atomic E-state index is 0.0356. The SMILES string of the molecule is CCOC(=O)C(CS)NC(=O)c1ccnc(C(=O)NC(CS)C(=O)OCC)c1. The summed E-state index contributed by atoms with van der Waals surface area (Å²) in [6, 6.07) is 0.742. The van der Waals surface area contributed by atoms with Gasteiger partial charge in [0.05, 0.1) is 13.2 Å². The number of hydrogen-bond donors (Lipinski definition) is 4. The summed E-state index contributed by atoms with van der Waals surface area (Å²) in [5.74, 6) is -2.41. The van der Waals surface area contributed by atoms with Crippen molar-refractivity contribution in [1.82, 2.24) is 15.6 Å². The van der Waals surface area contributed by atoms with Gasteiger partial charge in [-0.3, -0.25) is 14.6 Å². The Hall–Kier alpha value is -2.27. The van der Waals surface area contributed by atoms with Crippen LogP contribution >= 0.6 is 25.3 Å². The second-order valence-electron chi connectivity index (χ2n) is 5.35. The van der Waals surface area contributed by atoms with E-state index in [1.807, 2.05) is 0 Å². The molecule has 1 aromatic heterocycles. The molecule has 0 bridgehead atoms. The van der Waals surface area contributed by atoms with E-state index in [1.54, 1.807) is 13.8 Å². The van der Waals surface area contributed by atoms with E-state index in [-0.39, 0.29) is 36.0 Å². The highest BCUT2D eigenvalue weighted by Gasteiger charge is 2.24. The van der Waals surface area contributed by atoms with Crippen LogP contribution in [0.4, 0.5) is 0 Å². The predicted octanol–water partition coefficient (Wildman–Crippen LogP) is 0.264. The zero-order valence-electron chi connectivity index (χ0n) is 15.5. The van der Waals surface area contributed by atoms with Crippen LogP contribution in [0.25, 0.3) is 0 Å². The van der Waals surface area contributed by atoms with Gasteiger partial charge >= 0.3 is 11.9 Å². The topological polar surface area (TPSA) is 124 Å². The number of thiol groups is 2. The number of ether oxygens (including phenoxy) is 2. The maximum Gasteiger partial charge on any atom is 0.329 e. The van der Waals surface area contributed by atoms with Gasteiger partial charge in [0.2, 0.25) is 0 Å². The van der Waals surface area contributed by atoms with Gasteiger partial charge in [0.1, 0.15) is 17.8 Å². The molecule has 0 spiro atoms. The second-order valence-corrected chi connectivity index (χ2v) is 6.08. The average Bonchev–Trinajstić information content (AvgIpc) is 2.70. The monoisotopic (exact) mass is 429 g/mol. The number of amides is 2. The first-order valence-electron chi connectivity index (χ1n) is 8.50. The molecule has 0 aromatic carbocycles. The molecule has 9 nitrogen and oxygen atoms in total. The van der Waals surface area contributed by atoms with Crippen LogP contribution in [0.1, 0.15) is 34.7 Å². The van der Waals surface area contributed by atoms with E-state index in [9.17, 15) is 19.2 Å². The van der Waals surface area contributed by atoms with E-state index in [0.29, 0.717) is 0 Å². The summed E-state index contributed by atoms with van der Waals surface area (Å²) in [6.07, 6.45) is 1.27. The predicted molar refractivity (Wildman–Crippen MR) is 108 cm³/mol. The van der Waals surface area contributed by atoms with Crippen LogP contribution in [0.3, 0.4) is 0 Å². The van der Waals surface area contributed by atoms with Crippen molar-refractivity contribution in [2.24, 2.45) is 0 Å². The summed E-state index contributed by atoms with van der Waals surface area (Å²) in [5, 5.41) is 4.94. The molecule has 1 heterocycles. The Morgan fingerprint density at radius 3 is 1.93 bits per heavy atom. The van der Waals surface area contributed by atoms with E-state index < -0.39 is 35.8 Å². The highest BCUT2D eigenvalue weighted by Crippen LogP contribution is 2.05. The quantitative estimate of drug-likeness (QED) is 0.311. The van der Waals surface area contributed by atoms with Crippen LogP contribution in [-0.4, -0.2) is 65.5 Å². The molecule has 28 heavy (non-hydrogen) atoms. The molecule has 11 heteroatoms. The standard InChI is InChI=1S/C17H23N3O6S2/c1-3-25-16(23)12(8-27)19-14(21)10-5-6-18-11(7-10)15(22)20-13(9-28)17(24)26-4-2/h5-7,12-13,27-28H,3-4,8-9H2,1-2H3,(H,19,21)(H,20,22). The number of aromatic nitrogens is 1. The molecule has 0 aliphatic heterocycles. The van der Waals surface area contributed by atoms with Crippen molar-refractivity contribution in [2.45, 2.75) is 25.9 Å². The van der Waals surface area contributed by atoms with Gasteiger partial charge < -0.3 is 20.1 Å². The van der Waals surface area contributed by atoms with E-state index >= 15 is 0 Å². The number of carbonyl (C=O) groups is 4. The van der Waals surface area contributed by atoms with Crippen LogP contribution < -0.4 is 10.6 Å². The van der Waals surface area contributed by atoms with Crippen LogP contribution in [0, 0.1) is 0 Å². The van der Waals surface area contributed by atoms with E-state index in [2.05, 4.69) is 40.9 Å². The summed E-state index contributed by atoms with van der Waals surface area (Å²) in [4.78, 5) is 52.1. The molecule has 0 fully saturated rings. The Labute approximate surface area is 173 Å². The molecule has 1 rings (SSSR count). The molecular weight excluding hydrogens is 406 g/mol. The summed E-state index contributed by atoms with van der Waals surface area (Å²) < 4.78 is 9.72. The van der Waals surface area contributed by atoms with E-state index in [1.165, 1.54) is 18.3 Å². The smallest absolute Gasteiger partial charge is 0.329 e. The Bertz CT molecular complexity index is 661. The normalized spacial score (nSPS) is 12.4. The summed E-state index contributed by atoms with van der Waals surface area (Å²) >= 11 is 8.05. The first-order chi connectivity index (χ1) is 13.4. The maximum atomic E-state index is 12.4. The Balaban J connectivity index is 2.87. The van der Waals surface area contributed by atoms with Crippen LogP contribution in [0.2, 0.25) is 0 Å². The minimum atomic E-state index is -0.951. The fourth-order valence-corrected chi connectivity index (χ4v) is 2.49. The third kappa shape index (κ3) is 7.04. The lowest BCUT2D eigenvalue weighted by atomic mass is 10.2. The van der Waals surface area contributed by atoms with Crippen LogP contribution in [0.5, 0.6) is 0 Å². The van der Waals surface area contributed by atoms with Crippen LogP contribution in [0.15, 0.2) is 18.3 Å². The number of pyridine rings is 1. The van der Waals surface area contributed by atoms with Crippen LogP contribution in [-0.2, 0) is 19.1 Å². The molecule has 0 saturated heterocycles. The number of esters is 2. The first kappa shape index (κ1) is 23.8. The molecule has 0 aliphatic carbocycles. The summed E-state index contributed by atoms with van der Waals surface area (Å²) in [5.41, 5.74) is 0.0251. The average molecular weight is 430 g/mol. The van der Waals surface area contributed by atoms with Gasteiger partial charge in [-0.05, 0) is 26.0 Å². The van der Waals surface area contributed by atoms with Gasteiger partial charge in [-0.15, -0.1) is 0 Å². The molecule has 2 unspecified atom stereocenters. The maximum absolute atomic E-state index is 12.4. The fraction of sp³-hybridized carbons (Fsp3) is 0.471. The summed E-state index contributed by atoms with van der Waals surface area (Å²) in [6.45, 7) is 3.63. The van der Waals surface area contributed by atoms with Crippen molar-refractivity contribution < 1.29 is 28.7 Å². The van der Waals surface area contributed by atoms with Crippen molar-refractivity contribution in [3.63, 3.8) is 0 Å². The van der Waals surface area contributed by atoms with Crippen molar-refractivity contribution >= 4 is 49.0 Å².